The van der Waals surface area contributed by atoms with Crippen molar-refractivity contribution in [3.05, 3.63) is 40.7 Å². The van der Waals surface area contributed by atoms with Crippen LogP contribution in [-0.4, -0.2) is 4.40 Å². The molecule has 0 saturated heterocycles. The highest BCUT2D eigenvalue weighted by molar-refractivity contribution is 6.29. The first kappa shape index (κ1) is 10.8. The highest BCUT2D eigenvalue weighted by Crippen LogP contribution is 2.32. The Morgan fingerprint density at radius 3 is 2.56 bits per heavy atom. The molecule has 2 heterocycles. The molecule has 0 spiro atoms. The molecule has 0 aliphatic carbocycles. The summed E-state index contributed by atoms with van der Waals surface area (Å²) in [6.07, 6.45) is -3.57. The summed E-state index contributed by atoms with van der Waals surface area (Å²) >= 11 is 5.74. The maximum atomic E-state index is 12.5. The van der Waals surface area contributed by atoms with Gasteiger partial charge in [0.15, 0.2) is 0 Å². The van der Waals surface area contributed by atoms with Crippen molar-refractivity contribution in [2.45, 2.75) is 6.18 Å². The second-order valence-corrected chi connectivity index (χ2v) is 3.55. The van der Waals surface area contributed by atoms with Crippen LogP contribution in [0.5, 0.6) is 0 Å². The van der Waals surface area contributed by atoms with Crippen LogP contribution >= 0.6 is 11.6 Å². The molecule has 0 unspecified atom stereocenters. The number of pyridine rings is 1. The van der Waals surface area contributed by atoms with Crippen LogP contribution in [0.1, 0.15) is 11.1 Å². The van der Waals surface area contributed by atoms with Crippen LogP contribution in [0.4, 0.5) is 13.2 Å². The van der Waals surface area contributed by atoms with Crippen molar-refractivity contribution in [1.29, 1.82) is 5.26 Å². The molecule has 0 atom stereocenters. The Morgan fingerprint density at radius 2 is 2.00 bits per heavy atom. The third kappa shape index (κ3) is 1.61. The molecular weight excluding hydrogens is 241 g/mol. The molecule has 2 aromatic heterocycles. The Labute approximate surface area is 93.5 Å². The lowest BCUT2D eigenvalue weighted by atomic mass is 10.2. The number of halogens is 4. The topological polar surface area (TPSA) is 28.2 Å². The van der Waals surface area contributed by atoms with Crippen LogP contribution < -0.4 is 0 Å². The zero-order valence-corrected chi connectivity index (χ0v) is 8.47. The summed E-state index contributed by atoms with van der Waals surface area (Å²) in [5, 5.41) is 8.88. The van der Waals surface area contributed by atoms with E-state index in [0.29, 0.717) is 0 Å². The fourth-order valence-electron chi connectivity index (χ4n) is 1.41. The van der Waals surface area contributed by atoms with Crippen LogP contribution in [0.25, 0.3) is 5.52 Å². The van der Waals surface area contributed by atoms with Crippen molar-refractivity contribution in [2.24, 2.45) is 0 Å². The van der Waals surface area contributed by atoms with E-state index in [1.54, 1.807) is 0 Å². The second kappa shape index (κ2) is 3.42. The molecule has 2 nitrogen and oxygen atoms in total. The second-order valence-electron chi connectivity index (χ2n) is 3.16. The summed E-state index contributed by atoms with van der Waals surface area (Å²) < 4.78 is 38.5. The fourth-order valence-corrected chi connectivity index (χ4v) is 1.62. The van der Waals surface area contributed by atoms with E-state index in [0.717, 1.165) is 16.7 Å². The lowest BCUT2D eigenvalue weighted by molar-refractivity contribution is -0.137. The van der Waals surface area contributed by atoms with Gasteiger partial charge in [-0.2, -0.15) is 18.4 Å². The average Bonchev–Trinajstić information content (AvgIpc) is 2.63. The Morgan fingerprint density at radius 1 is 1.31 bits per heavy atom. The first-order valence-corrected chi connectivity index (χ1v) is 4.59. The number of fused-ring (bicyclic) bond motifs is 1. The lowest BCUT2D eigenvalue weighted by Gasteiger charge is -2.00. The van der Waals surface area contributed by atoms with Crippen LogP contribution in [0.3, 0.4) is 0 Å². The molecule has 0 saturated carbocycles. The predicted octanol–water partition coefficient (Wildman–Crippen LogP) is 3.48. The number of rotatable bonds is 0. The van der Waals surface area contributed by atoms with Gasteiger partial charge in [0.2, 0.25) is 0 Å². The summed E-state index contributed by atoms with van der Waals surface area (Å²) in [4.78, 5) is 0. The summed E-state index contributed by atoms with van der Waals surface area (Å²) in [6, 6.07) is 5.49. The number of nitrogens with zero attached hydrogens (tertiary/aromatic N) is 2. The van der Waals surface area contributed by atoms with Gasteiger partial charge in [-0.1, -0.05) is 11.6 Å². The zero-order chi connectivity index (χ0) is 11.9. The fraction of sp³-hybridized carbons (Fsp3) is 0.100. The van der Waals surface area contributed by atoms with Crippen molar-refractivity contribution in [1.82, 2.24) is 4.40 Å². The van der Waals surface area contributed by atoms with Gasteiger partial charge >= 0.3 is 6.18 Å². The van der Waals surface area contributed by atoms with E-state index in [9.17, 15) is 13.2 Å². The average molecular weight is 245 g/mol. The number of aromatic nitrogens is 1. The quantitative estimate of drug-likeness (QED) is 0.652. The summed E-state index contributed by atoms with van der Waals surface area (Å²) in [5.74, 6) is 0. The predicted molar refractivity (Wildman–Crippen MR) is 52.1 cm³/mol. The third-order valence-corrected chi connectivity index (χ3v) is 2.47. The van der Waals surface area contributed by atoms with E-state index >= 15 is 0 Å². The van der Waals surface area contributed by atoms with Gasteiger partial charge < -0.3 is 4.40 Å². The van der Waals surface area contributed by atoms with Crippen molar-refractivity contribution in [2.75, 3.05) is 0 Å². The number of hydrogen-bond donors (Lipinski definition) is 0. The normalized spacial score (nSPS) is 11.7. The van der Waals surface area contributed by atoms with Gasteiger partial charge in [-0.15, -0.1) is 0 Å². The van der Waals surface area contributed by atoms with Gasteiger partial charge in [0.05, 0.1) is 16.6 Å². The molecule has 0 aliphatic heterocycles. The monoisotopic (exact) mass is 244 g/mol. The molecule has 2 aromatic rings. The van der Waals surface area contributed by atoms with Crippen LogP contribution in [-0.2, 0) is 6.18 Å². The maximum absolute atomic E-state index is 12.5. The highest BCUT2D eigenvalue weighted by Gasteiger charge is 2.32. The molecule has 6 heteroatoms. The Bertz CT molecular complexity index is 592. The summed E-state index contributed by atoms with van der Waals surface area (Å²) in [7, 11) is 0. The van der Waals surface area contributed by atoms with Gasteiger partial charge in [0.25, 0.3) is 0 Å². The molecule has 0 amide bonds. The van der Waals surface area contributed by atoms with Gasteiger partial charge in [-0.3, -0.25) is 0 Å². The van der Waals surface area contributed by atoms with Crippen molar-refractivity contribution in [3.63, 3.8) is 0 Å². The van der Waals surface area contributed by atoms with Crippen molar-refractivity contribution in [3.8, 4) is 6.07 Å². The molecule has 0 N–H and O–H groups in total. The molecule has 82 valence electrons. The molecule has 16 heavy (non-hydrogen) atoms. The Balaban J connectivity index is 2.80. The number of hydrogen-bond acceptors (Lipinski definition) is 1. The SMILES string of the molecule is N#Cc1ccc(Cl)n2cc(C(F)(F)F)cc12. The summed E-state index contributed by atoms with van der Waals surface area (Å²) in [6.45, 7) is 0. The highest BCUT2D eigenvalue weighted by atomic mass is 35.5. The van der Waals surface area contributed by atoms with E-state index in [4.69, 9.17) is 16.9 Å². The Kier molecular flexibility index (Phi) is 2.32. The molecule has 0 radical (unpaired) electrons. The van der Waals surface area contributed by atoms with E-state index in [-0.39, 0.29) is 16.2 Å². The van der Waals surface area contributed by atoms with E-state index < -0.39 is 11.7 Å². The number of nitriles is 1. The zero-order valence-electron chi connectivity index (χ0n) is 7.72. The van der Waals surface area contributed by atoms with Crippen molar-refractivity contribution < 1.29 is 13.2 Å². The molecule has 2 rings (SSSR count). The smallest absolute Gasteiger partial charge is 0.306 e. The van der Waals surface area contributed by atoms with Crippen LogP contribution in [0, 0.1) is 11.3 Å². The van der Waals surface area contributed by atoms with Crippen LogP contribution in [0.2, 0.25) is 5.15 Å². The lowest BCUT2D eigenvalue weighted by Crippen LogP contribution is -2.02. The largest absolute Gasteiger partial charge is 0.417 e. The Hall–Kier alpha value is -1.67. The van der Waals surface area contributed by atoms with Gasteiger partial charge in [-0.05, 0) is 18.2 Å². The van der Waals surface area contributed by atoms with Crippen molar-refractivity contribution >= 4 is 17.1 Å². The van der Waals surface area contributed by atoms with E-state index in [1.807, 2.05) is 6.07 Å². The molecule has 0 fully saturated rings. The van der Waals surface area contributed by atoms with Gasteiger partial charge in [0.1, 0.15) is 11.2 Å². The first-order chi connectivity index (χ1) is 7.43. The molecule has 0 bridgehead atoms. The minimum Gasteiger partial charge on any atom is -0.306 e. The number of alkyl halides is 3. The minimum absolute atomic E-state index is 0.129. The maximum Gasteiger partial charge on any atom is 0.417 e. The van der Waals surface area contributed by atoms with Gasteiger partial charge in [-0.25, -0.2) is 0 Å². The third-order valence-electron chi connectivity index (χ3n) is 2.16. The molecule has 0 aliphatic rings. The van der Waals surface area contributed by atoms with E-state index in [2.05, 4.69) is 0 Å². The summed E-state index contributed by atoms with van der Waals surface area (Å²) in [5.41, 5.74) is -0.515. The van der Waals surface area contributed by atoms with Crippen LogP contribution in [0.15, 0.2) is 24.4 Å². The van der Waals surface area contributed by atoms with E-state index in [1.165, 1.54) is 12.1 Å². The molecule has 0 aromatic carbocycles. The van der Waals surface area contributed by atoms with Gasteiger partial charge in [0, 0.05) is 6.20 Å². The first-order valence-electron chi connectivity index (χ1n) is 4.21. The molecular formula is C10H4ClF3N2. The minimum atomic E-state index is -4.44. The standard InChI is InChI=1S/C10H4ClF3N2/c11-9-2-1-6(4-15)8-3-7(5-16(8)9)10(12,13)14/h1-3,5H.